The van der Waals surface area contributed by atoms with Gasteiger partial charge in [0, 0.05) is 6.54 Å². The molecular weight excluding hydrogens is 304 g/mol. The van der Waals surface area contributed by atoms with E-state index < -0.39 is 23.0 Å². The van der Waals surface area contributed by atoms with E-state index in [2.05, 4.69) is 0 Å². The maximum absolute atomic E-state index is 14.4. The molecule has 4 nitrogen and oxygen atoms in total. The predicted molar refractivity (Wildman–Crippen MR) is 77.9 cm³/mol. The van der Waals surface area contributed by atoms with Crippen molar-refractivity contribution in [3.05, 3.63) is 35.4 Å². The van der Waals surface area contributed by atoms with Crippen molar-refractivity contribution < 1.29 is 23.4 Å². The van der Waals surface area contributed by atoms with Crippen LogP contribution in [0, 0.1) is 0 Å². The Kier molecular flexibility index (Phi) is 3.09. The molecule has 23 heavy (non-hydrogen) atoms. The van der Waals surface area contributed by atoms with Crippen LogP contribution in [0.5, 0.6) is 0 Å². The van der Waals surface area contributed by atoms with Crippen LogP contribution in [0.1, 0.15) is 36.8 Å². The zero-order valence-corrected chi connectivity index (χ0v) is 12.7. The van der Waals surface area contributed by atoms with Crippen LogP contribution in [-0.4, -0.2) is 40.5 Å². The lowest BCUT2D eigenvalue weighted by Crippen LogP contribution is -2.61. The number of fused-ring (bicyclic) bond motifs is 2. The standard InChI is InChI=1S/C17H19F2NO3/c18-17(19,16(22)6-3-7-16)14(21)20-9-8-15(11-20)13-5-2-1-4-12(13)10-23-15/h1-2,4-5,22H,3,6-11H2. The van der Waals surface area contributed by atoms with Gasteiger partial charge in [-0.1, -0.05) is 24.3 Å². The van der Waals surface area contributed by atoms with Crippen LogP contribution in [0.15, 0.2) is 24.3 Å². The van der Waals surface area contributed by atoms with Crippen molar-refractivity contribution in [2.45, 2.75) is 49.4 Å². The molecule has 6 heteroatoms. The highest BCUT2D eigenvalue weighted by Gasteiger charge is 2.63. The topological polar surface area (TPSA) is 49.8 Å². The van der Waals surface area contributed by atoms with E-state index in [0.717, 1.165) is 16.0 Å². The number of rotatable bonds is 2. The summed E-state index contributed by atoms with van der Waals surface area (Å²) < 4.78 is 34.7. The van der Waals surface area contributed by atoms with E-state index in [1.54, 1.807) is 0 Å². The van der Waals surface area contributed by atoms with Gasteiger partial charge in [-0.05, 0) is 36.8 Å². The van der Waals surface area contributed by atoms with E-state index >= 15 is 0 Å². The van der Waals surface area contributed by atoms with Gasteiger partial charge in [0.25, 0.3) is 5.91 Å². The molecule has 4 rings (SSSR count). The number of nitrogens with zero attached hydrogens (tertiary/aromatic N) is 1. The fourth-order valence-corrected chi connectivity index (χ4v) is 3.90. The molecule has 1 aromatic carbocycles. The Balaban J connectivity index is 1.56. The predicted octanol–water partition coefficient (Wildman–Crippen LogP) is 2.19. The van der Waals surface area contributed by atoms with Gasteiger partial charge in [-0.3, -0.25) is 4.79 Å². The second-order valence-electron chi connectivity index (χ2n) is 6.88. The molecule has 2 aliphatic heterocycles. The van der Waals surface area contributed by atoms with Crippen LogP contribution in [-0.2, 0) is 21.7 Å². The Morgan fingerprint density at radius 1 is 1.26 bits per heavy atom. The lowest BCUT2D eigenvalue weighted by Gasteiger charge is -2.42. The second-order valence-corrected chi connectivity index (χ2v) is 6.88. The summed E-state index contributed by atoms with van der Waals surface area (Å²) in [5.41, 5.74) is -0.814. The van der Waals surface area contributed by atoms with E-state index in [0.29, 0.717) is 19.4 Å². The number of amides is 1. The van der Waals surface area contributed by atoms with Crippen molar-refractivity contribution in [3.63, 3.8) is 0 Å². The Hall–Kier alpha value is -1.53. The molecule has 1 unspecified atom stereocenters. The number of likely N-dealkylation sites (tertiary alicyclic amines) is 1. The third-order valence-corrected chi connectivity index (χ3v) is 5.56. The maximum Gasteiger partial charge on any atom is 0.352 e. The van der Waals surface area contributed by atoms with Gasteiger partial charge in [-0.15, -0.1) is 0 Å². The highest BCUT2D eigenvalue weighted by atomic mass is 19.3. The highest BCUT2D eigenvalue weighted by Crippen LogP contribution is 2.48. The summed E-state index contributed by atoms with van der Waals surface area (Å²) in [5, 5.41) is 9.95. The number of alkyl halides is 2. The number of carbonyl (C=O) groups excluding carboxylic acids is 1. The van der Waals surface area contributed by atoms with Crippen molar-refractivity contribution in [1.29, 1.82) is 0 Å². The minimum absolute atomic E-state index is 0.0238. The normalized spacial score (nSPS) is 28.7. The van der Waals surface area contributed by atoms with Gasteiger partial charge in [0.2, 0.25) is 0 Å². The quantitative estimate of drug-likeness (QED) is 0.908. The molecule has 2 heterocycles. The van der Waals surface area contributed by atoms with Crippen molar-refractivity contribution in [2.75, 3.05) is 13.1 Å². The zero-order valence-electron chi connectivity index (χ0n) is 12.7. The van der Waals surface area contributed by atoms with Crippen LogP contribution < -0.4 is 0 Å². The van der Waals surface area contributed by atoms with Gasteiger partial charge >= 0.3 is 5.92 Å². The summed E-state index contributed by atoms with van der Waals surface area (Å²) in [4.78, 5) is 13.5. The van der Waals surface area contributed by atoms with Gasteiger partial charge in [0.1, 0.15) is 11.2 Å². The van der Waals surface area contributed by atoms with Gasteiger partial charge in [0.05, 0.1) is 13.2 Å². The van der Waals surface area contributed by atoms with Gasteiger partial charge in [0.15, 0.2) is 0 Å². The third kappa shape index (κ3) is 1.97. The first-order valence-corrected chi connectivity index (χ1v) is 8.00. The van der Waals surface area contributed by atoms with Crippen LogP contribution in [0.2, 0.25) is 0 Å². The van der Waals surface area contributed by atoms with Gasteiger partial charge in [-0.25, -0.2) is 0 Å². The van der Waals surface area contributed by atoms with Crippen molar-refractivity contribution >= 4 is 5.91 Å². The van der Waals surface area contributed by atoms with Gasteiger partial charge in [-0.2, -0.15) is 8.78 Å². The van der Waals surface area contributed by atoms with Crippen LogP contribution in [0.3, 0.4) is 0 Å². The Morgan fingerprint density at radius 3 is 2.70 bits per heavy atom. The fourth-order valence-electron chi connectivity index (χ4n) is 3.90. The monoisotopic (exact) mass is 323 g/mol. The first kappa shape index (κ1) is 15.0. The SMILES string of the molecule is O=C(N1CCC2(C1)OCc1ccccc12)C(F)(F)C1(O)CCC1. The summed E-state index contributed by atoms with van der Waals surface area (Å²) in [7, 11) is 0. The van der Waals surface area contributed by atoms with E-state index in [1.807, 2.05) is 24.3 Å². The molecule has 1 aromatic rings. The molecule has 1 saturated heterocycles. The van der Waals surface area contributed by atoms with Crippen LogP contribution >= 0.6 is 0 Å². The molecule has 3 aliphatic rings. The smallest absolute Gasteiger partial charge is 0.352 e. The molecule has 0 bridgehead atoms. The molecule has 0 radical (unpaired) electrons. The first-order chi connectivity index (χ1) is 10.9. The Morgan fingerprint density at radius 2 is 2.00 bits per heavy atom. The Labute approximate surface area is 133 Å². The molecule has 1 N–H and O–H groups in total. The average Bonchev–Trinajstić information content (AvgIpc) is 3.10. The molecule has 2 fully saturated rings. The summed E-state index contributed by atoms with van der Waals surface area (Å²) in [6, 6.07) is 7.71. The molecule has 1 spiro atoms. The largest absolute Gasteiger partial charge is 0.383 e. The lowest BCUT2D eigenvalue weighted by molar-refractivity contribution is -0.223. The summed E-state index contributed by atoms with van der Waals surface area (Å²) in [6.07, 6.45) is 0.984. The minimum Gasteiger partial charge on any atom is -0.383 e. The molecule has 124 valence electrons. The van der Waals surface area contributed by atoms with Gasteiger partial charge < -0.3 is 14.7 Å². The second kappa shape index (κ2) is 4.74. The molecule has 1 amide bonds. The number of halogens is 2. The maximum atomic E-state index is 14.4. The number of hydrogen-bond acceptors (Lipinski definition) is 3. The summed E-state index contributed by atoms with van der Waals surface area (Å²) in [5.74, 6) is -5.00. The zero-order chi connectivity index (χ0) is 16.3. The van der Waals surface area contributed by atoms with Crippen LogP contribution in [0.4, 0.5) is 8.78 Å². The molecular formula is C17H19F2NO3. The van der Waals surface area contributed by atoms with E-state index in [1.165, 1.54) is 0 Å². The molecule has 1 saturated carbocycles. The van der Waals surface area contributed by atoms with Crippen molar-refractivity contribution in [2.24, 2.45) is 0 Å². The number of aliphatic hydroxyl groups is 1. The first-order valence-electron chi connectivity index (χ1n) is 8.00. The number of benzene rings is 1. The van der Waals surface area contributed by atoms with E-state index in [9.17, 15) is 18.7 Å². The molecule has 1 atom stereocenters. The number of carbonyl (C=O) groups is 1. The third-order valence-electron chi connectivity index (χ3n) is 5.56. The lowest BCUT2D eigenvalue weighted by atomic mass is 9.75. The van der Waals surface area contributed by atoms with E-state index in [4.69, 9.17) is 4.74 Å². The Bertz CT molecular complexity index is 659. The molecule has 1 aliphatic carbocycles. The highest BCUT2D eigenvalue weighted by molar-refractivity contribution is 5.85. The molecule has 0 aromatic heterocycles. The minimum atomic E-state index is -3.73. The summed E-state index contributed by atoms with van der Waals surface area (Å²) in [6.45, 7) is 0.784. The number of ether oxygens (including phenoxy) is 1. The number of hydrogen-bond donors (Lipinski definition) is 1. The van der Waals surface area contributed by atoms with Crippen molar-refractivity contribution in [1.82, 2.24) is 4.90 Å². The van der Waals surface area contributed by atoms with E-state index in [-0.39, 0.29) is 25.9 Å². The summed E-state index contributed by atoms with van der Waals surface area (Å²) >= 11 is 0. The van der Waals surface area contributed by atoms with Crippen molar-refractivity contribution in [3.8, 4) is 0 Å². The average molecular weight is 323 g/mol. The van der Waals surface area contributed by atoms with Crippen LogP contribution in [0.25, 0.3) is 0 Å². The fraction of sp³-hybridized carbons (Fsp3) is 0.588.